The van der Waals surface area contributed by atoms with Gasteiger partial charge in [-0.2, -0.15) is 26.7 Å². The molecule has 1 heterocycles. The lowest BCUT2D eigenvalue weighted by Gasteiger charge is -2.11. The summed E-state index contributed by atoms with van der Waals surface area (Å²) in [5, 5.41) is 7.01. The van der Waals surface area contributed by atoms with Crippen LogP contribution in [0.4, 0.5) is 11.9 Å². The molecule has 0 radical (unpaired) electrons. The van der Waals surface area contributed by atoms with Gasteiger partial charge in [-0.25, -0.2) is 0 Å². The van der Waals surface area contributed by atoms with Crippen LogP contribution >= 0.6 is 11.8 Å². The van der Waals surface area contributed by atoms with E-state index in [2.05, 4.69) is 45.7 Å². The minimum Gasteiger partial charge on any atom is -0.464 e. The summed E-state index contributed by atoms with van der Waals surface area (Å²) in [6.45, 7) is 8.43. The van der Waals surface area contributed by atoms with Gasteiger partial charge in [0.05, 0.1) is 6.61 Å². The maximum Gasteiger partial charge on any atom is 0.323 e. The van der Waals surface area contributed by atoms with E-state index in [0.717, 1.165) is 25.9 Å². The first-order valence-corrected chi connectivity index (χ1v) is 8.37. The molecule has 6 nitrogen and oxygen atoms in total. The third kappa shape index (κ3) is 6.27. The third-order valence-electron chi connectivity index (χ3n) is 2.66. The molecule has 0 bridgehead atoms. The van der Waals surface area contributed by atoms with Crippen LogP contribution in [0.1, 0.15) is 33.6 Å². The van der Waals surface area contributed by atoms with E-state index in [0.29, 0.717) is 29.8 Å². The van der Waals surface area contributed by atoms with Gasteiger partial charge in [-0.3, -0.25) is 0 Å². The Hall–Kier alpha value is -1.24. The molecule has 0 aliphatic carbocycles. The van der Waals surface area contributed by atoms with Crippen LogP contribution in [-0.4, -0.2) is 46.2 Å². The molecule has 1 aromatic rings. The molecule has 0 aliphatic rings. The molecular formula is C13H25N5OS. The average Bonchev–Trinajstić information content (AvgIpc) is 2.45. The van der Waals surface area contributed by atoms with Crippen LogP contribution in [0.5, 0.6) is 6.01 Å². The predicted octanol–water partition coefficient (Wildman–Crippen LogP) is 2.65. The fourth-order valence-corrected chi connectivity index (χ4v) is 1.80. The molecule has 0 aromatic carbocycles. The predicted molar refractivity (Wildman–Crippen MR) is 85.9 cm³/mol. The summed E-state index contributed by atoms with van der Waals surface area (Å²) in [5.41, 5.74) is 0. The summed E-state index contributed by atoms with van der Waals surface area (Å²) in [7, 11) is 0. The van der Waals surface area contributed by atoms with Crippen molar-refractivity contribution >= 4 is 23.7 Å². The minimum atomic E-state index is 0.363. The van der Waals surface area contributed by atoms with Crippen LogP contribution in [0.25, 0.3) is 0 Å². The Kier molecular flexibility index (Phi) is 8.10. The fourth-order valence-electron chi connectivity index (χ4n) is 1.45. The van der Waals surface area contributed by atoms with E-state index in [9.17, 15) is 0 Å². The van der Waals surface area contributed by atoms with Crippen LogP contribution in [0.3, 0.4) is 0 Å². The first-order valence-electron chi connectivity index (χ1n) is 7.09. The minimum absolute atomic E-state index is 0.363. The van der Waals surface area contributed by atoms with E-state index in [1.807, 2.05) is 18.7 Å². The largest absolute Gasteiger partial charge is 0.464 e. The molecule has 1 unspecified atom stereocenters. The molecule has 0 fully saturated rings. The number of nitrogens with zero attached hydrogens (tertiary/aromatic N) is 3. The fraction of sp³-hybridized carbons (Fsp3) is 0.769. The first kappa shape index (κ1) is 16.8. The number of aromatic nitrogens is 3. The van der Waals surface area contributed by atoms with E-state index in [1.165, 1.54) is 0 Å². The molecule has 2 N–H and O–H groups in total. The molecule has 114 valence electrons. The van der Waals surface area contributed by atoms with Crippen molar-refractivity contribution in [3.8, 4) is 6.01 Å². The zero-order chi connectivity index (χ0) is 14.8. The molecule has 0 saturated heterocycles. The Bertz CT molecular complexity index is 391. The Labute approximate surface area is 125 Å². The van der Waals surface area contributed by atoms with E-state index in [1.54, 1.807) is 0 Å². The molecule has 7 heteroatoms. The lowest BCUT2D eigenvalue weighted by Crippen LogP contribution is -2.13. The average molecular weight is 299 g/mol. The second kappa shape index (κ2) is 9.63. The number of hydrogen-bond donors (Lipinski definition) is 2. The number of anilines is 2. The van der Waals surface area contributed by atoms with Gasteiger partial charge >= 0.3 is 6.01 Å². The monoisotopic (exact) mass is 299 g/mol. The van der Waals surface area contributed by atoms with Crippen LogP contribution < -0.4 is 15.4 Å². The van der Waals surface area contributed by atoms with Gasteiger partial charge in [-0.05, 0) is 26.0 Å². The van der Waals surface area contributed by atoms with Gasteiger partial charge in [0.15, 0.2) is 0 Å². The van der Waals surface area contributed by atoms with E-state index >= 15 is 0 Å². The summed E-state index contributed by atoms with van der Waals surface area (Å²) in [6, 6.07) is 0.363. The van der Waals surface area contributed by atoms with Crippen molar-refractivity contribution < 1.29 is 4.74 Å². The van der Waals surface area contributed by atoms with E-state index in [-0.39, 0.29) is 0 Å². The molecule has 20 heavy (non-hydrogen) atoms. The van der Waals surface area contributed by atoms with Crippen molar-refractivity contribution in [1.82, 2.24) is 15.0 Å². The highest BCUT2D eigenvalue weighted by Gasteiger charge is 2.07. The highest BCUT2D eigenvalue weighted by Crippen LogP contribution is 2.13. The first-order chi connectivity index (χ1) is 9.69. The molecule has 1 atom stereocenters. The second-order valence-electron chi connectivity index (χ2n) is 4.39. The third-order valence-corrected chi connectivity index (χ3v) is 3.70. The summed E-state index contributed by atoms with van der Waals surface area (Å²) >= 11 is 1.86. The summed E-state index contributed by atoms with van der Waals surface area (Å²) in [6.07, 6.45) is 4.20. The van der Waals surface area contributed by atoms with E-state index in [4.69, 9.17) is 4.74 Å². The van der Waals surface area contributed by atoms with Crippen molar-refractivity contribution in [2.45, 2.75) is 38.9 Å². The van der Waals surface area contributed by atoms with Gasteiger partial charge in [0.2, 0.25) is 11.9 Å². The Morgan fingerprint density at radius 2 is 1.75 bits per heavy atom. The number of hydrogen-bond acceptors (Lipinski definition) is 7. The van der Waals surface area contributed by atoms with Crippen molar-refractivity contribution in [3.05, 3.63) is 0 Å². The second-order valence-corrected chi connectivity index (χ2v) is 5.66. The van der Waals surface area contributed by atoms with Gasteiger partial charge in [-0.15, -0.1) is 0 Å². The zero-order valence-electron chi connectivity index (χ0n) is 12.8. The molecule has 0 saturated carbocycles. The number of thioether (sulfide) groups is 1. The smallest absolute Gasteiger partial charge is 0.323 e. The summed E-state index contributed by atoms with van der Waals surface area (Å²) in [4.78, 5) is 12.8. The quantitative estimate of drug-likeness (QED) is 0.688. The lowest BCUT2D eigenvalue weighted by molar-refractivity contribution is 0.312. The molecule has 0 amide bonds. The molecule has 1 aromatic heterocycles. The van der Waals surface area contributed by atoms with Crippen molar-refractivity contribution in [3.63, 3.8) is 0 Å². The van der Waals surface area contributed by atoms with E-state index < -0.39 is 0 Å². The molecule has 0 spiro atoms. The summed E-state index contributed by atoms with van der Waals surface area (Å²) in [5.74, 6) is 1.13. The SMILES string of the molecule is CCCNc1nc(NCCC(C)SC)nc(OCC)n1. The maximum atomic E-state index is 5.37. The van der Waals surface area contributed by atoms with Crippen LogP contribution in [0.15, 0.2) is 0 Å². The van der Waals surface area contributed by atoms with Crippen LogP contribution in [0.2, 0.25) is 0 Å². The summed E-state index contributed by atoms with van der Waals surface area (Å²) < 4.78 is 5.37. The van der Waals surface area contributed by atoms with Crippen LogP contribution in [-0.2, 0) is 0 Å². The molecular weight excluding hydrogens is 274 g/mol. The number of nitrogens with one attached hydrogen (secondary N) is 2. The van der Waals surface area contributed by atoms with Gasteiger partial charge in [-0.1, -0.05) is 13.8 Å². The lowest BCUT2D eigenvalue weighted by atomic mass is 10.3. The molecule has 1 rings (SSSR count). The van der Waals surface area contributed by atoms with Gasteiger partial charge in [0, 0.05) is 18.3 Å². The highest BCUT2D eigenvalue weighted by molar-refractivity contribution is 7.99. The van der Waals surface area contributed by atoms with Crippen LogP contribution in [0, 0.1) is 0 Å². The van der Waals surface area contributed by atoms with Gasteiger partial charge in [0.1, 0.15) is 0 Å². The normalized spacial score (nSPS) is 12.0. The van der Waals surface area contributed by atoms with Crippen molar-refractivity contribution in [2.75, 3.05) is 36.6 Å². The Morgan fingerprint density at radius 3 is 2.30 bits per heavy atom. The number of ether oxygens (including phenoxy) is 1. The highest BCUT2D eigenvalue weighted by atomic mass is 32.2. The van der Waals surface area contributed by atoms with Crippen molar-refractivity contribution in [1.29, 1.82) is 0 Å². The van der Waals surface area contributed by atoms with Crippen molar-refractivity contribution in [2.24, 2.45) is 0 Å². The topological polar surface area (TPSA) is 72.0 Å². The Balaban J connectivity index is 2.64. The Morgan fingerprint density at radius 1 is 1.10 bits per heavy atom. The number of rotatable bonds is 10. The van der Waals surface area contributed by atoms with Gasteiger partial charge < -0.3 is 15.4 Å². The zero-order valence-corrected chi connectivity index (χ0v) is 13.6. The maximum absolute atomic E-state index is 5.37. The standard InChI is InChI=1S/C13H25N5OS/c1-5-8-14-11-16-12(15-9-7-10(3)20-4)18-13(17-11)19-6-2/h10H,5-9H2,1-4H3,(H2,14,15,16,17,18). The molecule has 0 aliphatic heterocycles. The van der Waals surface area contributed by atoms with Gasteiger partial charge in [0.25, 0.3) is 0 Å².